The van der Waals surface area contributed by atoms with Crippen LogP contribution in [0.2, 0.25) is 0 Å². The fourth-order valence-electron chi connectivity index (χ4n) is 0.759. The second kappa shape index (κ2) is 4.21. The Morgan fingerprint density at radius 1 is 1.45 bits per heavy atom. The van der Waals surface area contributed by atoms with Gasteiger partial charge in [-0.2, -0.15) is 0 Å². The summed E-state index contributed by atoms with van der Waals surface area (Å²) in [5.74, 6) is 0.134. The van der Waals surface area contributed by atoms with Gasteiger partial charge >= 0.3 is 0 Å². The Morgan fingerprint density at radius 3 is 2.64 bits per heavy atom. The average molecular weight is 325 g/mol. The number of carbonyl (C=O) groups excluding carboxylic acids is 1. The molecule has 0 fully saturated rings. The Morgan fingerprint density at radius 2 is 2.09 bits per heavy atom. The zero-order chi connectivity index (χ0) is 8.27. The molecule has 0 saturated carbocycles. The van der Waals surface area contributed by atoms with Crippen LogP contribution in [0.3, 0.4) is 0 Å². The SMILES string of the molecule is O=C(CBr)c1ccccc1I. The Bertz CT molecular complexity index is 273. The van der Waals surface area contributed by atoms with E-state index in [1.165, 1.54) is 0 Å². The van der Waals surface area contributed by atoms with E-state index in [1.807, 2.05) is 24.3 Å². The number of benzene rings is 1. The number of ketones is 1. The second-order valence-corrected chi connectivity index (χ2v) is 3.76. The molecule has 0 aromatic heterocycles. The molecule has 0 spiro atoms. The largest absolute Gasteiger partial charge is 0.293 e. The predicted molar refractivity (Wildman–Crippen MR) is 57.3 cm³/mol. The van der Waals surface area contributed by atoms with E-state index in [9.17, 15) is 4.79 Å². The molecule has 0 saturated heterocycles. The molecule has 0 unspecified atom stereocenters. The summed E-state index contributed by atoms with van der Waals surface area (Å²) in [6, 6.07) is 7.56. The molecule has 0 heterocycles. The summed E-state index contributed by atoms with van der Waals surface area (Å²) in [7, 11) is 0. The van der Waals surface area contributed by atoms with E-state index >= 15 is 0 Å². The Labute approximate surface area is 87.5 Å². The lowest BCUT2D eigenvalue weighted by molar-refractivity contribution is 0.102. The molecule has 11 heavy (non-hydrogen) atoms. The van der Waals surface area contributed by atoms with Gasteiger partial charge in [0.2, 0.25) is 0 Å². The normalized spacial score (nSPS) is 9.64. The number of rotatable bonds is 2. The van der Waals surface area contributed by atoms with Crippen LogP contribution in [0.4, 0.5) is 0 Å². The van der Waals surface area contributed by atoms with E-state index in [0.29, 0.717) is 5.33 Å². The first-order chi connectivity index (χ1) is 5.25. The molecule has 58 valence electrons. The standard InChI is InChI=1S/C8H6BrIO/c9-5-8(11)6-3-1-2-4-7(6)10/h1-4H,5H2. The van der Waals surface area contributed by atoms with Gasteiger partial charge in [0.05, 0.1) is 5.33 Å². The maximum Gasteiger partial charge on any atom is 0.174 e. The van der Waals surface area contributed by atoms with E-state index in [-0.39, 0.29) is 5.78 Å². The zero-order valence-electron chi connectivity index (χ0n) is 5.68. The van der Waals surface area contributed by atoms with E-state index in [1.54, 1.807) is 0 Å². The Hall–Kier alpha value is 0.100. The minimum Gasteiger partial charge on any atom is -0.293 e. The molecule has 0 atom stereocenters. The molecule has 0 aliphatic rings. The van der Waals surface area contributed by atoms with Crippen molar-refractivity contribution in [3.63, 3.8) is 0 Å². The van der Waals surface area contributed by atoms with E-state index in [2.05, 4.69) is 38.5 Å². The van der Waals surface area contributed by atoms with Crippen LogP contribution in [0.25, 0.3) is 0 Å². The molecule has 0 radical (unpaired) electrons. The molecular weight excluding hydrogens is 319 g/mol. The molecule has 0 amide bonds. The van der Waals surface area contributed by atoms with Gasteiger partial charge in [0.1, 0.15) is 0 Å². The third kappa shape index (κ3) is 2.27. The quantitative estimate of drug-likeness (QED) is 0.464. The molecule has 0 N–H and O–H groups in total. The fraction of sp³-hybridized carbons (Fsp3) is 0.125. The predicted octanol–water partition coefficient (Wildman–Crippen LogP) is 2.87. The van der Waals surface area contributed by atoms with Crippen LogP contribution in [0.15, 0.2) is 24.3 Å². The first-order valence-corrected chi connectivity index (χ1v) is 5.29. The highest BCUT2D eigenvalue weighted by Crippen LogP contribution is 2.12. The van der Waals surface area contributed by atoms with Crippen LogP contribution < -0.4 is 0 Å². The fourth-order valence-corrected chi connectivity index (χ4v) is 1.75. The lowest BCUT2D eigenvalue weighted by atomic mass is 10.2. The molecule has 0 aliphatic carbocycles. The topological polar surface area (TPSA) is 17.1 Å². The highest BCUT2D eigenvalue weighted by molar-refractivity contribution is 14.1. The van der Waals surface area contributed by atoms with Crippen molar-refractivity contribution in [2.75, 3.05) is 5.33 Å². The lowest BCUT2D eigenvalue weighted by Crippen LogP contribution is -2.01. The molecule has 0 aliphatic heterocycles. The van der Waals surface area contributed by atoms with Gasteiger partial charge in [0.25, 0.3) is 0 Å². The molecule has 1 aromatic carbocycles. The van der Waals surface area contributed by atoms with Crippen LogP contribution in [-0.2, 0) is 0 Å². The summed E-state index contributed by atoms with van der Waals surface area (Å²) >= 11 is 5.29. The van der Waals surface area contributed by atoms with Gasteiger partial charge in [-0.3, -0.25) is 4.79 Å². The highest BCUT2D eigenvalue weighted by Gasteiger charge is 2.05. The van der Waals surface area contributed by atoms with E-state index in [4.69, 9.17) is 0 Å². The van der Waals surface area contributed by atoms with Gasteiger partial charge < -0.3 is 0 Å². The van der Waals surface area contributed by atoms with Gasteiger partial charge in [-0.1, -0.05) is 34.1 Å². The van der Waals surface area contributed by atoms with Gasteiger partial charge in [0.15, 0.2) is 5.78 Å². The monoisotopic (exact) mass is 324 g/mol. The molecule has 3 heteroatoms. The summed E-state index contributed by atoms with van der Waals surface area (Å²) in [4.78, 5) is 11.2. The number of alkyl halides is 1. The van der Waals surface area contributed by atoms with Crippen LogP contribution >= 0.6 is 38.5 Å². The van der Waals surface area contributed by atoms with Crippen molar-refractivity contribution in [2.24, 2.45) is 0 Å². The van der Waals surface area contributed by atoms with Crippen LogP contribution in [0.1, 0.15) is 10.4 Å². The summed E-state index contributed by atoms with van der Waals surface area (Å²) in [6.45, 7) is 0. The number of hydrogen-bond donors (Lipinski definition) is 0. The number of halogens is 2. The molecule has 1 aromatic rings. The van der Waals surface area contributed by atoms with Crippen molar-refractivity contribution in [1.82, 2.24) is 0 Å². The van der Waals surface area contributed by atoms with Crippen LogP contribution in [-0.4, -0.2) is 11.1 Å². The van der Waals surface area contributed by atoms with E-state index < -0.39 is 0 Å². The molecule has 1 rings (SSSR count). The first kappa shape index (κ1) is 9.19. The second-order valence-electron chi connectivity index (χ2n) is 2.04. The lowest BCUT2D eigenvalue weighted by Gasteiger charge is -1.98. The van der Waals surface area contributed by atoms with Crippen LogP contribution in [0.5, 0.6) is 0 Å². The summed E-state index contributed by atoms with van der Waals surface area (Å²) < 4.78 is 1.01. The number of hydrogen-bond acceptors (Lipinski definition) is 1. The third-order valence-corrected chi connectivity index (χ3v) is 2.75. The average Bonchev–Trinajstić information content (AvgIpc) is 2.04. The van der Waals surface area contributed by atoms with Crippen molar-refractivity contribution in [2.45, 2.75) is 0 Å². The minimum atomic E-state index is 0.134. The number of carbonyl (C=O) groups is 1. The van der Waals surface area contributed by atoms with E-state index in [0.717, 1.165) is 9.13 Å². The Balaban J connectivity index is 3.03. The number of Topliss-reactive ketones (excluding diaryl/α,β-unsaturated/α-hetero) is 1. The third-order valence-electron chi connectivity index (χ3n) is 1.30. The van der Waals surface area contributed by atoms with Crippen molar-refractivity contribution >= 4 is 44.3 Å². The van der Waals surface area contributed by atoms with Crippen molar-refractivity contribution in [3.8, 4) is 0 Å². The maximum absolute atomic E-state index is 11.2. The van der Waals surface area contributed by atoms with Crippen molar-refractivity contribution < 1.29 is 4.79 Å². The Kier molecular flexibility index (Phi) is 3.51. The van der Waals surface area contributed by atoms with Gasteiger partial charge in [-0.15, -0.1) is 0 Å². The molecule has 1 nitrogen and oxygen atoms in total. The maximum atomic E-state index is 11.2. The smallest absolute Gasteiger partial charge is 0.174 e. The molecule has 0 bridgehead atoms. The first-order valence-electron chi connectivity index (χ1n) is 3.09. The zero-order valence-corrected chi connectivity index (χ0v) is 9.42. The molecular formula is C8H6BrIO. The minimum absolute atomic E-state index is 0.134. The van der Waals surface area contributed by atoms with Crippen LogP contribution in [0, 0.1) is 3.57 Å². The van der Waals surface area contributed by atoms with Gasteiger partial charge in [-0.25, -0.2) is 0 Å². The van der Waals surface area contributed by atoms with Crippen molar-refractivity contribution in [1.29, 1.82) is 0 Å². The van der Waals surface area contributed by atoms with Crippen molar-refractivity contribution in [3.05, 3.63) is 33.4 Å². The van der Waals surface area contributed by atoms with Gasteiger partial charge in [-0.05, 0) is 28.7 Å². The summed E-state index contributed by atoms with van der Waals surface area (Å²) in [5, 5.41) is 0.396. The summed E-state index contributed by atoms with van der Waals surface area (Å²) in [5.41, 5.74) is 0.796. The summed E-state index contributed by atoms with van der Waals surface area (Å²) in [6.07, 6.45) is 0. The highest BCUT2D eigenvalue weighted by atomic mass is 127. The van der Waals surface area contributed by atoms with Gasteiger partial charge in [0, 0.05) is 9.13 Å².